The van der Waals surface area contributed by atoms with Crippen molar-refractivity contribution in [3.63, 3.8) is 0 Å². The van der Waals surface area contributed by atoms with Gasteiger partial charge in [0.15, 0.2) is 6.61 Å². The molecular weight excluding hydrogens is 477 g/mol. The molecule has 0 aromatic heterocycles. The highest BCUT2D eigenvalue weighted by atomic mass is 35.5. The smallest absolute Gasteiger partial charge is 0.390 e. The maximum absolute atomic E-state index is 12.8. The predicted octanol–water partition coefficient (Wildman–Crippen LogP) is 5.51. The number of ether oxygens (including phenoxy) is 3. The standard InChI is InChI=1S/C26H23Cl2NO5/c27-18-8-12-20(13-9-18)33-26(34-21-14-10-19(28)11-15-21)25(31)32-16-24(30)29-23-7-3-5-17-4-1-2-6-22(17)23/h1-2,4,6,8-15,23,26H,3,5,7,16H2,(H,29,30). The molecule has 0 aliphatic heterocycles. The molecule has 0 bridgehead atoms. The third-order valence-corrected chi connectivity index (χ3v) is 5.86. The summed E-state index contributed by atoms with van der Waals surface area (Å²) in [5, 5.41) is 3.99. The molecule has 1 aliphatic carbocycles. The third kappa shape index (κ3) is 6.43. The molecule has 4 rings (SSSR count). The van der Waals surface area contributed by atoms with Crippen LogP contribution in [0.1, 0.15) is 30.0 Å². The molecule has 3 aromatic rings. The van der Waals surface area contributed by atoms with E-state index in [1.807, 2.05) is 18.2 Å². The number of benzene rings is 3. The Morgan fingerprint density at radius 2 is 1.47 bits per heavy atom. The molecule has 1 atom stereocenters. The Balaban J connectivity index is 1.39. The molecule has 8 heteroatoms. The summed E-state index contributed by atoms with van der Waals surface area (Å²) in [6, 6.07) is 20.8. The first kappa shape index (κ1) is 23.9. The number of fused-ring (bicyclic) bond motifs is 1. The molecule has 1 amide bonds. The molecule has 34 heavy (non-hydrogen) atoms. The Morgan fingerprint density at radius 1 is 0.882 bits per heavy atom. The highest BCUT2D eigenvalue weighted by molar-refractivity contribution is 6.30. The largest absolute Gasteiger partial charge is 0.450 e. The summed E-state index contributed by atoms with van der Waals surface area (Å²) in [6.45, 7) is -0.456. The van der Waals surface area contributed by atoms with Crippen LogP contribution >= 0.6 is 23.2 Å². The fourth-order valence-corrected chi connectivity index (χ4v) is 3.99. The van der Waals surface area contributed by atoms with Crippen LogP contribution in [-0.2, 0) is 20.7 Å². The molecule has 3 aromatic carbocycles. The van der Waals surface area contributed by atoms with Gasteiger partial charge < -0.3 is 19.5 Å². The maximum atomic E-state index is 12.8. The second kappa shape index (κ2) is 11.3. The van der Waals surface area contributed by atoms with Crippen LogP contribution in [0.5, 0.6) is 11.5 Å². The Labute approximate surface area is 207 Å². The van der Waals surface area contributed by atoms with E-state index in [-0.39, 0.29) is 6.04 Å². The van der Waals surface area contributed by atoms with Gasteiger partial charge in [-0.3, -0.25) is 4.79 Å². The molecule has 1 N–H and O–H groups in total. The minimum absolute atomic E-state index is 0.109. The molecule has 0 saturated carbocycles. The number of halogens is 2. The number of aryl methyl sites for hydroxylation is 1. The van der Waals surface area contributed by atoms with Crippen LogP contribution in [-0.4, -0.2) is 24.8 Å². The van der Waals surface area contributed by atoms with Crippen molar-refractivity contribution < 1.29 is 23.8 Å². The second-order valence-corrected chi connectivity index (χ2v) is 8.67. The quantitative estimate of drug-likeness (QED) is 0.326. The SMILES string of the molecule is O=C(COC(=O)C(Oc1ccc(Cl)cc1)Oc1ccc(Cl)cc1)NC1CCCc2ccccc21. The van der Waals surface area contributed by atoms with Crippen molar-refractivity contribution in [2.75, 3.05) is 6.61 Å². The van der Waals surface area contributed by atoms with Crippen molar-refractivity contribution in [2.45, 2.75) is 31.6 Å². The third-order valence-electron chi connectivity index (χ3n) is 5.36. The molecule has 0 spiro atoms. The average Bonchev–Trinajstić information content (AvgIpc) is 2.85. The van der Waals surface area contributed by atoms with Crippen molar-refractivity contribution >= 4 is 35.1 Å². The number of hydrogen-bond acceptors (Lipinski definition) is 5. The number of nitrogens with one attached hydrogen (secondary N) is 1. The summed E-state index contributed by atoms with van der Waals surface area (Å²) in [4.78, 5) is 25.3. The van der Waals surface area contributed by atoms with Gasteiger partial charge >= 0.3 is 12.3 Å². The van der Waals surface area contributed by atoms with Gasteiger partial charge in [-0.2, -0.15) is 0 Å². The summed E-state index contributed by atoms with van der Waals surface area (Å²) in [6.07, 6.45) is 1.36. The topological polar surface area (TPSA) is 73.9 Å². The second-order valence-electron chi connectivity index (χ2n) is 7.79. The van der Waals surface area contributed by atoms with E-state index >= 15 is 0 Å². The lowest BCUT2D eigenvalue weighted by molar-refractivity contribution is -0.167. The van der Waals surface area contributed by atoms with Crippen LogP contribution in [0.25, 0.3) is 0 Å². The van der Waals surface area contributed by atoms with E-state index in [0.29, 0.717) is 21.5 Å². The van der Waals surface area contributed by atoms with Gasteiger partial charge in [-0.25, -0.2) is 4.79 Å². The lowest BCUT2D eigenvalue weighted by atomic mass is 9.88. The zero-order chi connectivity index (χ0) is 23.9. The van der Waals surface area contributed by atoms with Gasteiger partial charge in [0.1, 0.15) is 11.5 Å². The molecule has 0 fully saturated rings. The van der Waals surface area contributed by atoms with Crippen LogP contribution in [0, 0.1) is 0 Å². The molecular formula is C26H23Cl2NO5. The molecule has 6 nitrogen and oxygen atoms in total. The van der Waals surface area contributed by atoms with Crippen molar-refractivity contribution in [3.05, 3.63) is 94.0 Å². The molecule has 0 radical (unpaired) electrons. The minimum Gasteiger partial charge on any atom is -0.450 e. The highest BCUT2D eigenvalue weighted by Gasteiger charge is 2.27. The fourth-order valence-electron chi connectivity index (χ4n) is 3.74. The lowest BCUT2D eigenvalue weighted by Gasteiger charge is -2.26. The molecule has 0 saturated heterocycles. The zero-order valence-corrected chi connectivity index (χ0v) is 19.7. The number of esters is 1. The van der Waals surface area contributed by atoms with Gasteiger partial charge in [0.05, 0.1) is 6.04 Å². The average molecular weight is 500 g/mol. The van der Waals surface area contributed by atoms with Gasteiger partial charge in [0.2, 0.25) is 0 Å². The van der Waals surface area contributed by atoms with Gasteiger partial charge in [0, 0.05) is 10.0 Å². The number of amides is 1. The van der Waals surface area contributed by atoms with Crippen molar-refractivity contribution in [1.82, 2.24) is 5.32 Å². The van der Waals surface area contributed by atoms with E-state index in [4.69, 9.17) is 37.4 Å². The van der Waals surface area contributed by atoms with Crippen LogP contribution in [0.3, 0.4) is 0 Å². The van der Waals surface area contributed by atoms with E-state index in [0.717, 1.165) is 24.8 Å². The van der Waals surface area contributed by atoms with Gasteiger partial charge in [-0.05, 0) is 78.9 Å². The molecule has 0 heterocycles. The van der Waals surface area contributed by atoms with Crippen LogP contribution in [0.4, 0.5) is 0 Å². The zero-order valence-electron chi connectivity index (χ0n) is 18.2. The van der Waals surface area contributed by atoms with E-state index < -0.39 is 24.8 Å². The predicted molar refractivity (Wildman–Crippen MR) is 129 cm³/mol. The fraction of sp³-hybridized carbons (Fsp3) is 0.231. The lowest BCUT2D eigenvalue weighted by Crippen LogP contribution is -2.39. The van der Waals surface area contributed by atoms with Crippen LogP contribution in [0.15, 0.2) is 72.8 Å². The van der Waals surface area contributed by atoms with E-state index in [1.54, 1.807) is 48.5 Å². The number of carbonyl (C=O) groups is 2. The Hall–Kier alpha value is -3.22. The number of hydrogen-bond donors (Lipinski definition) is 1. The van der Waals surface area contributed by atoms with Crippen LogP contribution in [0.2, 0.25) is 10.0 Å². The summed E-state index contributed by atoms with van der Waals surface area (Å²) >= 11 is 11.8. The molecule has 176 valence electrons. The monoisotopic (exact) mass is 499 g/mol. The van der Waals surface area contributed by atoms with Crippen molar-refractivity contribution in [1.29, 1.82) is 0 Å². The summed E-state index contributed by atoms with van der Waals surface area (Å²) in [7, 11) is 0. The normalized spacial score (nSPS) is 14.7. The Morgan fingerprint density at radius 3 is 2.09 bits per heavy atom. The first-order valence-corrected chi connectivity index (χ1v) is 11.6. The minimum atomic E-state index is -1.44. The van der Waals surface area contributed by atoms with Crippen molar-refractivity contribution in [3.8, 4) is 11.5 Å². The van der Waals surface area contributed by atoms with E-state index in [9.17, 15) is 9.59 Å². The van der Waals surface area contributed by atoms with Gasteiger partial charge in [-0.1, -0.05) is 47.5 Å². The number of rotatable bonds is 8. The van der Waals surface area contributed by atoms with Gasteiger partial charge in [0.25, 0.3) is 5.91 Å². The first-order chi connectivity index (χ1) is 16.5. The summed E-state index contributed by atoms with van der Waals surface area (Å²) in [5.41, 5.74) is 2.33. The summed E-state index contributed by atoms with van der Waals surface area (Å²) < 4.78 is 16.6. The van der Waals surface area contributed by atoms with Crippen molar-refractivity contribution in [2.24, 2.45) is 0 Å². The maximum Gasteiger partial charge on any atom is 0.390 e. The molecule has 1 unspecified atom stereocenters. The van der Waals surface area contributed by atoms with E-state index in [1.165, 1.54) is 5.56 Å². The van der Waals surface area contributed by atoms with E-state index in [2.05, 4.69) is 11.4 Å². The first-order valence-electron chi connectivity index (χ1n) is 10.9. The van der Waals surface area contributed by atoms with Gasteiger partial charge in [-0.15, -0.1) is 0 Å². The number of carbonyl (C=O) groups excluding carboxylic acids is 2. The molecule has 1 aliphatic rings. The Bertz CT molecular complexity index is 1090. The Kier molecular flexibility index (Phi) is 7.93. The summed E-state index contributed by atoms with van der Waals surface area (Å²) in [5.74, 6) is -0.539. The van der Waals surface area contributed by atoms with Crippen LogP contribution < -0.4 is 14.8 Å². The highest BCUT2D eigenvalue weighted by Crippen LogP contribution is 2.29.